The topological polar surface area (TPSA) is 50.9 Å². The number of thiazole rings is 1. The molecule has 18 heavy (non-hydrogen) atoms. The second-order valence-corrected chi connectivity index (χ2v) is 5.10. The van der Waals surface area contributed by atoms with E-state index in [9.17, 15) is 0 Å². The van der Waals surface area contributed by atoms with Gasteiger partial charge in [0, 0.05) is 28.7 Å². The molecular weight excluding hydrogens is 242 g/mol. The van der Waals surface area contributed by atoms with Crippen LogP contribution in [0.4, 0.5) is 10.8 Å². The molecule has 1 aromatic heterocycles. The standard InChI is InChI=1S/C14H13N3S/c15-8-11-9-16-14(18-11)17-13-7-3-5-10-4-1-2-6-12(10)13/h1-7,9H,8,15H2,(H,16,17). The van der Waals surface area contributed by atoms with E-state index in [1.165, 1.54) is 10.8 Å². The lowest BCUT2D eigenvalue weighted by atomic mass is 10.1. The number of anilines is 2. The summed E-state index contributed by atoms with van der Waals surface area (Å²) in [6.07, 6.45) is 1.82. The van der Waals surface area contributed by atoms with Crippen molar-refractivity contribution in [2.24, 2.45) is 5.73 Å². The number of rotatable bonds is 3. The Balaban J connectivity index is 1.99. The first kappa shape index (κ1) is 11.2. The number of fused-ring (bicyclic) bond motifs is 1. The highest BCUT2D eigenvalue weighted by Gasteiger charge is 2.03. The van der Waals surface area contributed by atoms with E-state index in [-0.39, 0.29) is 0 Å². The highest BCUT2D eigenvalue weighted by molar-refractivity contribution is 7.15. The average molecular weight is 255 g/mol. The van der Waals surface area contributed by atoms with Gasteiger partial charge in [0.1, 0.15) is 0 Å². The van der Waals surface area contributed by atoms with Crippen LogP contribution in [0.5, 0.6) is 0 Å². The normalized spacial score (nSPS) is 10.7. The third-order valence-electron chi connectivity index (χ3n) is 2.79. The fraction of sp³-hybridized carbons (Fsp3) is 0.0714. The maximum Gasteiger partial charge on any atom is 0.187 e. The van der Waals surface area contributed by atoms with E-state index in [0.717, 1.165) is 15.7 Å². The number of benzene rings is 2. The van der Waals surface area contributed by atoms with Crippen LogP contribution in [-0.4, -0.2) is 4.98 Å². The summed E-state index contributed by atoms with van der Waals surface area (Å²) in [5.74, 6) is 0. The van der Waals surface area contributed by atoms with Gasteiger partial charge < -0.3 is 11.1 Å². The highest BCUT2D eigenvalue weighted by atomic mass is 32.1. The van der Waals surface area contributed by atoms with Gasteiger partial charge in [0.15, 0.2) is 5.13 Å². The molecule has 0 saturated carbocycles. The van der Waals surface area contributed by atoms with E-state index in [1.54, 1.807) is 11.3 Å². The van der Waals surface area contributed by atoms with Gasteiger partial charge in [-0.15, -0.1) is 11.3 Å². The Bertz CT molecular complexity index is 670. The fourth-order valence-corrected chi connectivity index (χ4v) is 2.61. The van der Waals surface area contributed by atoms with Crippen molar-refractivity contribution in [3.05, 3.63) is 53.5 Å². The quantitative estimate of drug-likeness (QED) is 0.753. The van der Waals surface area contributed by atoms with Crippen LogP contribution in [0.1, 0.15) is 4.88 Å². The van der Waals surface area contributed by atoms with Crippen LogP contribution in [0.15, 0.2) is 48.7 Å². The molecule has 0 saturated heterocycles. The van der Waals surface area contributed by atoms with Gasteiger partial charge in [-0.25, -0.2) is 4.98 Å². The molecule has 0 bridgehead atoms. The summed E-state index contributed by atoms with van der Waals surface area (Å²) in [6.45, 7) is 0.537. The monoisotopic (exact) mass is 255 g/mol. The van der Waals surface area contributed by atoms with E-state index >= 15 is 0 Å². The van der Waals surface area contributed by atoms with Crippen molar-refractivity contribution in [1.29, 1.82) is 0 Å². The number of nitrogens with zero attached hydrogens (tertiary/aromatic N) is 1. The lowest BCUT2D eigenvalue weighted by Gasteiger charge is -2.06. The lowest BCUT2D eigenvalue weighted by molar-refractivity contribution is 1.10. The summed E-state index contributed by atoms with van der Waals surface area (Å²) < 4.78 is 0. The number of hydrogen-bond acceptors (Lipinski definition) is 4. The summed E-state index contributed by atoms with van der Waals surface area (Å²) in [7, 11) is 0. The molecule has 3 N–H and O–H groups in total. The van der Waals surface area contributed by atoms with Crippen LogP contribution in [0.3, 0.4) is 0 Å². The van der Waals surface area contributed by atoms with Crippen LogP contribution in [0.2, 0.25) is 0 Å². The van der Waals surface area contributed by atoms with Crippen LogP contribution in [0.25, 0.3) is 10.8 Å². The van der Waals surface area contributed by atoms with E-state index in [1.807, 2.05) is 24.4 Å². The summed E-state index contributed by atoms with van der Waals surface area (Å²) in [5.41, 5.74) is 6.66. The second-order valence-electron chi connectivity index (χ2n) is 3.99. The Kier molecular flexibility index (Phi) is 2.96. The number of nitrogens with one attached hydrogen (secondary N) is 1. The summed E-state index contributed by atoms with van der Waals surface area (Å²) in [4.78, 5) is 5.40. The second kappa shape index (κ2) is 4.76. The first-order chi connectivity index (χ1) is 8.86. The minimum atomic E-state index is 0.537. The number of aromatic nitrogens is 1. The molecular formula is C14H13N3S. The Morgan fingerprint density at radius 1 is 1.11 bits per heavy atom. The zero-order chi connectivity index (χ0) is 12.4. The molecule has 0 fully saturated rings. The maximum atomic E-state index is 5.59. The largest absolute Gasteiger partial charge is 0.331 e. The molecule has 90 valence electrons. The van der Waals surface area contributed by atoms with Crippen molar-refractivity contribution in [3.63, 3.8) is 0 Å². The van der Waals surface area contributed by atoms with Crippen LogP contribution in [0, 0.1) is 0 Å². The van der Waals surface area contributed by atoms with Crippen LogP contribution >= 0.6 is 11.3 Å². The molecule has 1 heterocycles. The molecule has 2 aromatic carbocycles. The van der Waals surface area contributed by atoms with Crippen molar-refractivity contribution >= 4 is 32.9 Å². The third kappa shape index (κ3) is 2.08. The Labute approximate surface area is 109 Å². The van der Waals surface area contributed by atoms with Crippen LogP contribution < -0.4 is 11.1 Å². The summed E-state index contributed by atoms with van der Waals surface area (Å²) in [5, 5.41) is 6.65. The molecule has 0 atom stereocenters. The van der Waals surface area contributed by atoms with E-state index < -0.39 is 0 Å². The third-order valence-corrected chi connectivity index (χ3v) is 3.72. The first-order valence-corrected chi connectivity index (χ1v) is 6.58. The SMILES string of the molecule is NCc1cnc(Nc2cccc3ccccc23)s1. The van der Waals surface area contributed by atoms with Gasteiger partial charge in [-0.1, -0.05) is 36.4 Å². The molecule has 3 nitrogen and oxygen atoms in total. The average Bonchev–Trinajstić information content (AvgIpc) is 2.87. The Hall–Kier alpha value is -1.91. The molecule has 4 heteroatoms. The van der Waals surface area contributed by atoms with Gasteiger partial charge in [0.2, 0.25) is 0 Å². The van der Waals surface area contributed by atoms with E-state index in [2.05, 4.69) is 34.6 Å². The summed E-state index contributed by atoms with van der Waals surface area (Å²) >= 11 is 1.59. The minimum absolute atomic E-state index is 0.537. The molecule has 0 aliphatic carbocycles. The number of nitrogens with two attached hydrogens (primary N) is 1. The van der Waals surface area contributed by atoms with Crippen molar-refractivity contribution in [3.8, 4) is 0 Å². The minimum Gasteiger partial charge on any atom is -0.331 e. The molecule has 0 spiro atoms. The lowest BCUT2D eigenvalue weighted by Crippen LogP contribution is -1.91. The van der Waals surface area contributed by atoms with Gasteiger partial charge in [-0.2, -0.15) is 0 Å². The first-order valence-electron chi connectivity index (χ1n) is 5.76. The highest BCUT2D eigenvalue weighted by Crippen LogP contribution is 2.28. The van der Waals surface area contributed by atoms with E-state index in [0.29, 0.717) is 6.54 Å². The maximum absolute atomic E-state index is 5.59. The molecule has 3 aromatic rings. The zero-order valence-electron chi connectivity index (χ0n) is 9.76. The smallest absolute Gasteiger partial charge is 0.187 e. The van der Waals surface area contributed by atoms with Crippen molar-refractivity contribution in [2.75, 3.05) is 5.32 Å². The predicted octanol–water partition coefficient (Wildman–Crippen LogP) is 3.50. The van der Waals surface area contributed by atoms with Gasteiger partial charge >= 0.3 is 0 Å². The van der Waals surface area contributed by atoms with Gasteiger partial charge in [-0.05, 0) is 11.5 Å². The van der Waals surface area contributed by atoms with E-state index in [4.69, 9.17) is 5.73 Å². The predicted molar refractivity (Wildman–Crippen MR) is 77.2 cm³/mol. The molecule has 0 radical (unpaired) electrons. The molecule has 3 rings (SSSR count). The molecule has 0 amide bonds. The Morgan fingerprint density at radius 2 is 1.94 bits per heavy atom. The van der Waals surface area contributed by atoms with Gasteiger partial charge in [0.05, 0.1) is 0 Å². The number of hydrogen-bond donors (Lipinski definition) is 2. The Morgan fingerprint density at radius 3 is 2.78 bits per heavy atom. The zero-order valence-corrected chi connectivity index (χ0v) is 10.6. The van der Waals surface area contributed by atoms with Crippen molar-refractivity contribution in [1.82, 2.24) is 4.98 Å². The van der Waals surface area contributed by atoms with Gasteiger partial charge in [-0.3, -0.25) is 0 Å². The fourth-order valence-electron chi connectivity index (χ4n) is 1.91. The molecule has 0 unspecified atom stereocenters. The molecule has 0 aliphatic heterocycles. The summed E-state index contributed by atoms with van der Waals surface area (Å²) in [6, 6.07) is 14.5. The van der Waals surface area contributed by atoms with Crippen LogP contribution in [-0.2, 0) is 6.54 Å². The van der Waals surface area contributed by atoms with Gasteiger partial charge in [0.25, 0.3) is 0 Å². The van der Waals surface area contributed by atoms with Crippen molar-refractivity contribution < 1.29 is 0 Å². The molecule has 0 aliphatic rings. The van der Waals surface area contributed by atoms with Crippen molar-refractivity contribution in [2.45, 2.75) is 6.54 Å².